The molecule has 8 nitrogen and oxygen atoms in total. The Morgan fingerprint density at radius 3 is 2.61 bits per heavy atom. The van der Waals surface area contributed by atoms with Crippen LogP contribution in [-0.4, -0.2) is 28.0 Å². The number of hydrogen-bond donors (Lipinski definition) is 4. The molecule has 4 N–H and O–H groups in total. The number of nitrogens with one attached hydrogen (secondary N) is 3. The van der Waals surface area contributed by atoms with Gasteiger partial charge >= 0.3 is 16.9 Å². The number of imide groups is 1. The summed E-state index contributed by atoms with van der Waals surface area (Å²) in [4.78, 5) is 45.5. The van der Waals surface area contributed by atoms with Gasteiger partial charge in [-0.1, -0.05) is 11.3 Å². The van der Waals surface area contributed by atoms with Crippen LogP contribution in [0.4, 0.5) is 4.79 Å². The average Bonchev–Trinajstić information content (AvgIpc) is 2.70. The van der Waals surface area contributed by atoms with E-state index in [0.29, 0.717) is 5.69 Å². The van der Waals surface area contributed by atoms with Gasteiger partial charge < -0.3 is 15.4 Å². The topological polar surface area (TPSA) is 128 Å². The summed E-state index contributed by atoms with van der Waals surface area (Å²) in [5, 5.41) is 14.2. The summed E-state index contributed by atoms with van der Waals surface area (Å²) in [6.07, 6.45) is -0.602. The fraction of sp³-hybridized carbons (Fsp3) is 0.333. The first-order valence-corrected chi connectivity index (χ1v) is 5.81. The van der Waals surface area contributed by atoms with E-state index < -0.39 is 17.9 Å². The van der Waals surface area contributed by atoms with Crippen molar-refractivity contribution < 1.29 is 19.5 Å². The molecule has 0 aliphatic rings. The molecule has 0 fully saturated rings. The molecule has 0 bridgehead atoms. The maximum atomic E-state index is 11.2. The van der Waals surface area contributed by atoms with Crippen LogP contribution >= 0.6 is 11.3 Å². The van der Waals surface area contributed by atoms with Gasteiger partial charge in [0, 0.05) is 17.5 Å². The van der Waals surface area contributed by atoms with Crippen LogP contribution in [0.25, 0.3) is 0 Å². The van der Waals surface area contributed by atoms with Crippen molar-refractivity contribution in [1.82, 2.24) is 15.6 Å². The highest BCUT2D eigenvalue weighted by molar-refractivity contribution is 7.07. The Kier molecular flexibility index (Phi) is 5.06. The first kappa shape index (κ1) is 13.9. The van der Waals surface area contributed by atoms with E-state index in [4.69, 9.17) is 5.11 Å². The minimum absolute atomic E-state index is 0.0801. The number of carbonyl (C=O) groups is 3. The zero-order valence-corrected chi connectivity index (χ0v) is 10.0. The van der Waals surface area contributed by atoms with Crippen LogP contribution in [0.15, 0.2) is 10.2 Å². The molecule has 0 unspecified atom stereocenters. The number of hydrogen-bond acceptors (Lipinski definition) is 5. The zero-order chi connectivity index (χ0) is 13.5. The first-order chi connectivity index (χ1) is 8.47. The normalized spacial score (nSPS) is 9.78. The SMILES string of the molecule is O=C(O)CCC(=O)NC(=O)NCc1csc(=O)[nH]1. The predicted octanol–water partition coefficient (Wildman–Crippen LogP) is -0.373. The summed E-state index contributed by atoms with van der Waals surface area (Å²) >= 11 is 0.966. The number of aliphatic carboxylic acids is 1. The van der Waals surface area contributed by atoms with Gasteiger partial charge in [0.05, 0.1) is 13.0 Å². The number of urea groups is 1. The van der Waals surface area contributed by atoms with Gasteiger partial charge in [-0.15, -0.1) is 0 Å². The van der Waals surface area contributed by atoms with Crippen LogP contribution < -0.4 is 15.5 Å². The van der Waals surface area contributed by atoms with Gasteiger partial charge in [-0.3, -0.25) is 19.7 Å². The fourth-order valence-electron chi connectivity index (χ4n) is 1.03. The van der Waals surface area contributed by atoms with Gasteiger partial charge in [0.2, 0.25) is 5.91 Å². The molecule has 98 valence electrons. The molecule has 1 rings (SSSR count). The quantitative estimate of drug-likeness (QED) is 0.581. The largest absolute Gasteiger partial charge is 0.481 e. The Labute approximate surface area is 105 Å². The number of carboxylic acids is 1. The maximum absolute atomic E-state index is 11.2. The van der Waals surface area contributed by atoms with Gasteiger partial charge in [-0.05, 0) is 0 Å². The van der Waals surface area contributed by atoms with Crippen molar-refractivity contribution >= 4 is 29.2 Å². The average molecular weight is 273 g/mol. The number of amides is 3. The molecule has 1 aromatic rings. The Hall–Kier alpha value is -2.16. The summed E-state index contributed by atoms with van der Waals surface area (Å²) in [7, 11) is 0. The third-order valence-electron chi connectivity index (χ3n) is 1.83. The van der Waals surface area contributed by atoms with Crippen molar-refractivity contribution in [1.29, 1.82) is 0 Å². The van der Waals surface area contributed by atoms with Gasteiger partial charge in [0.25, 0.3) is 0 Å². The molecule has 0 atom stereocenters. The van der Waals surface area contributed by atoms with Crippen molar-refractivity contribution in [3.63, 3.8) is 0 Å². The van der Waals surface area contributed by atoms with Gasteiger partial charge in [0.1, 0.15) is 0 Å². The lowest BCUT2D eigenvalue weighted by Crippen LogP contribution is -2.39. The molecular weight excluding hydrogens is 262 g/mol. The Balaban J connectivity index is 2.27. The standard InChI is InChI=1S/C9H11N3O5S/c13-6(1-2-7(14)15)12-8(16)10-3-5-4-18-9(17)11-5/h4H,1-3H2,(H,11,17)(H,14,15)(H2,10,12,13,16). The van der Waals surface area contributed by atoms with E-state index in [0.717, 1.165) is 11.3 Å². The zero-order valence-electron chi connectivity index (χ0n) is 9.19. The van der Waals surface area contributed by atoms with Crippen molar-refractivity contribution in [2.75, 3.05) is 0 Å². The highest BCUT2D eigenvalue weighted by Crippen LogP contribution is 1.94. The second-order valence-corrected chi connectivity index (χ2v) is 4.14. The highest BCUT2D eigenvalue weighted by Gasteiger charge is 2.09. The molecule has 3 amide bonds. The lowest BCUT2D eigenvalue weighted by atomic mass is 10.3. The summed E-state index contributed by atoms with van der Waals surface area (Å²) < 4.78 is 0. The third kappa shape index (κ3) is 5.25. The molecule has 0 saturated heterocycles. The number of carbonyl (C=O) groups excluding carboxylic acids is 2. The first-order valence-electron chi connectivity index (χ1n) is 4.93. The van der Waals surface area contributed by atoms with Gasteiger partial charge in [-0.2, -0.15) is 0 Å². The van der Waals surface area contributed by atoms with E-state index in [-0.39, 0.29) is 24.3 Å². The van der Waals surface area contributed by atoms with Crippen LogP contribution in [0.2, 0.25) is 0 Å². The molecule has 0 aliphatic carbocycles. The van der Waals surface area contributed by atoms with Gasteiger partial charge in [-0.25, -0.2) is 4.79 Å². The third-order valence-corrected chi connectivity index (χ3v) is 2.55. The molecule has 0 aliphatic heterocycles. The second kappa shape index (κ2) is 6.55. The minimum atomic E-state index is -1.11. The van der Waals surface area contributed by atoms with E-state index >= 15 is 0 Å². The van der Waals surface area contributed by atoms with Crippen LogP contribution in [-0.2, 0) is 16.1 Å². The van der Waals surface area contributed by atoms with Crippen molar-refractivity contribution in [3.8, 4) is 0 Å². The molecule has 9 heteroatoms. The number of rotatable bonds is 5. The number of thiazole rings is 1. The molecule has 0 saturated carbocycles. The summed E-state index contributed by atoms with van der Waals surface area (Å²) in [5.74, 6) is -1.78. The van der Waals surface area contributed by atoms with Crippen LogP contribution in [0, 0.1) is 0 Å². The van der Waals surface area contributed by atoms with Crippen molar-refractivity contribution in [2.24, 2.45) is 0 Å². The minimum Gasteiger partial charge on any atom is -0.481 e. The number of carboxylic acid groups (broad SMARTS) is 1. The predicted molar refractivity (Wildman–Crippen MR) is 62.2 cm³/mol. The number of aromatic nitrogens is 1. The smallest absolute Gasteiger partial charge is 0.321 e. The Morgan fingerprint density at radius 2 is 2.06 bits per heavy atom. The van der Waals surface area contributed by atoms with Gasteiger partial charge in [0.15, 0.2) is 0 Å². The lowest BCUT2D eigenvalue weighted by Gasteiger charge is -2.04. The molecule has 0 aromatic carbocycles. The summed E-state index contributed by atoms with van der Waals surface area (Å²) in [6, 6.07) is -0.738. The van der Waals surface area contributed by atoms with E-state index in [1.54, 1.807) is 5.38 Å². The fourth-order valence-corrected chi connectivity index (χ4v) is 1.61. The molecule has 1 heterocycles. The molecular formula is C9H11N3O5S. The van der Waals surface area contributed by atoms with Crippen LogP contribution in [0.3, 0.4) is 0 Å². The maximum Gasteiger partial charge on any atom is 0.321 e. The Morgan fingerprint density at radius 1 is 1.33 bits per heavy atom. The molecule has 1 aromatic heterocycles. The van der Waals surface area contributed by atoms with E-state index in [1.165, 1.54) is 0 Å². The summed E-state index contributed by atoms with van der Waals surface area (Å²) in [6.45, 7) is 0.0801. The molecule has 0 spiro atoms. The van der Waals surface area contributed by atoms with Crippen molar-refractivity contribution in [2.45, 2.75) is 19.4 Å². The van der Waals surface area contributed by atoms with Crippen LogP contribution in [0.5, 0.6) is 0 Å². The molecule has 18 heavy (non-hydrogen) atoms. The van der Waals surface area contributed by atoms with E-state index in [1.807, 2.05) is 5.32 Å². The summed E-state index contributed by atoms with van der Waals surface area (Å²) in [5.41, 5.74) is 0.526. The molecule has 0 radical (unpaired) electrons. The monoisotopic (exact) mass is 273 g/mol. The highest BCUT2D eigenvalue weighted by atomic mass is 32.1. The van der Waals surface area contributed by atoms with Crippen molar-refractivity contribution in [3.05, 3.63) is 20.7 Å². The van der Waals surface area contributed by atoms with Crippen LogP contribution in [0.1, 0.15) is 18.5 Å². The number of H-pyrrole nitrogens is 1. The van der Waals surface area contributed by atoms with E-state index in [9.17, 15) is 19.2 Å². The Bertz CT molecular complexity index is 506. The lowest BCUT2D eigenvalue weighted by molar-refractivity contribution is -0.138. The van der Waals surface area contributed by atoms with E-state index in [2.05, 4.69) is 10.3 Å². The second-order valence-electron chi connectivity index (χ2n) is 3.30. The number of aromatic amines is 1.